The SMILES string of the molecule is CC(C)(C)C1CCC(c2c(S(N)(=O)=O)ccc3c2C(=O)c2cc(S(=O)(=O)O)ccc2C3=O)CC1. The van der Waals surface area contributed by atoms with E-state index >= 15 is 0 Å². The summed E-state index contributed by atoms with van der Waals surface area (Å²) in [6, 6.07) is 5.76. The summed E-state index contributed by atoms with van der Waals surface area (Å²) in [5, 5.41) is 5.51. The molecule has 0 aromatic heterocycles. The molecular weight excluding hydrogens is 478 g/mol. The second kappa shape index (κ2) is 8.08. The maximum absolute atomic E-state index is 13.6. The Labute approximate surface area is 199 Å². The number of hydrogen-bond donors (Lipinski definition) is 2. The molecule has 0 unspecified atom stereocenters. The van der Waals surface area contributed by atoms with Crippen LogP contribution in [0.4, 0.5) is 0 Å². The van der Waals surface area contributed by atoms with Gasteiger partial charge in [0.15, 0.2) is 11.6 Å². The van der Waals surface area contributed by atoms with Crippen LogP contribution in [0.1, 0.15) is 89.8 Å². The Bertz CT molecular complexity index is 1430. The van der Waals surface area contributed by atoms with Crippen LogP contribution in [-0.4, -0.2) is 33.0 Å². The van der Waals surface area contributed by atoms with Crippen molar-refractivity contribution in [3.05, 3.63) is 58.1 Å². The molecule has 0 saturated heterocycles. The summed E-state index contributed by atoms with van der Waals surface area (Å²) in [6.45, 7) is 6.47. The maximum Gasteiger partial charge on any atom is 0.294 e. The van der Waals surface area contributed by atoms with Gasteiger partial charge in [0.05, 0.1) is 9.79 Å². The lowest BCUT2D eigenvalue weighted by molar-refractivity contribution is 0.0976. The molecule has 0 bridgehead atoms. The average molecular weight is 506 g/mol. The molecule has 4 rings (SSSR count). The molecule has 0 amide bonds. The van der Waals surface area contributed by atoms with Crippen LogP contribution < -0.4 is 5.14 Å². The number of carbonyl (C=O) groups is 2. The molecule has 0 heterocycles. The van der Waals surface area contributed by atoms with E-state index in [-0.39, 0.29) is 44.0 Å². The number of fused-ring (bicyclic) bond motifs is 2. The molecule has 0 radical (unpaired) electrons. The van der Waals surface area contributed by atoms with Crippen LogP contribution in [-0.2, 0) is 20.1 Å². The monoisotopic (exact) mass is 505 g/mol. The van der Waals surface area contributed by atoms with Crippen molar-refractivity contribution in [2.45, 2.75) is 62.2 Å². The first-order valence-electron chi connectivity index (χ1n) is 11.0. The lowest BCUT2D eigenvalue weighted by atomic mass is 9.67. The van der Waals surface area contributed by atoms with Crippen LogP contribution in [0, 0.1) is 11.3 Å². The number of benzene rings is 2. The fourth-order valence-electron chi connectivity index (χ4n) is 5.29. The van der Waals surface area contributed by atoms with Crippen molar-refractivity contribution in [1.82, 2.24) is 0 Å². The van der Waals surface area contributed by atoms with Gasteiger partial charge in [0.25, 0.3) is 10.1 Å². The van der Waals surface area contributed by atoms with Crippen molar-refractivity contribution in [2.24, 2.45) is 16.5 Å². The number of primary sulfonamides is 1. The number of hydrogen-bond acceptors (Lipinski definition) is 6. The minimum Gasteiger partial charge on any atom is -0.289 e. The third-order valence-electron chi connectivity index (χ3n) is 7.12. The number of sulfonamides is 1. The molecule has 2 aromatic carbocycles. The Hall–Kier alpha value is -2.40. The fraction of sp³-hybridized carbons (Fsp3) is 0.417. The minimum absolute atomic E-state index is 0.00403. The molecule has 2 aliphatic rings. The van der Waals surface area contributed by atoms with E-state index in [0.29, 0.717) is 18.8 Å². The number of ketones is 2. The zero-order valence-corrected chi connectivity index (χ0v) is 20.8. The topological polar surface area (TPSA) is 149 Å². The van der Waals surface area contributed by atoms with Crippen molar-refractivity contribution in [2.75, 3.05) is 0 Å². The molecule has 8 nitrogen and oxygen atoms in total. The van der Waals surface area contributed by atoms with E-state index in [1.54, 1.807) is 0 Å². The van der Waals surface area contributed by atoms with E-state index in [2.05, 4.69) is 20.8 Å². The molecule has 182 valence electrons. The second-order valence-electron chi connectivity index (χ2n) is 10.2. The molecule has 0 aliphatic heterocycles. The third kappa shape index (κ3) is 4.24. The standard InChI is InChI=1S/C24H27NO7S2/c1-24(2,3)14-6-4-13(5-7-14)20-19(33(25,28)29)11-10-17-21(20)23(27)18-12-15(34(30,31)32)8-9-16(18)22(17)26/h8-14H,4-7H2,1-3H3,(H2,25,28,29)(H,30,31,32). The Kier molecular flexibility index (Phi) is 5.87. The maximum atomic E-state index is 13.6. The van der Waals surface area contributed by atoms with E-state index in [9.17, 15) is 31.0 Å². The van der Waals surface area contributed by atoms with Crippen molar-refractivity contribution in [3.63, 3.8) is 0 Å². The molecule has 2 aliphatic carbocycles. The lowest BCUT2D eigenvalue weighted by Gasteiger charge is -2.38. The van der Waals surface area contributed by atoms with Crippen molar-refractivity contribution in [1.29, 1.82) is 0 Å². The third-order valence-corrected chi connectivity index (χ3v) is 8.94. The van der Waals surface area contributed by atoms with Gasteiger partial charge in [-0.25, -0.2) is 13.6 Å². The van der Waals surface area contributed by atoms with Gasteiger partial charge in [-0.3, -0.25) is 14.1 Å². The molecular formula is C24H27NO7S2. The lowest BCUT2D eigenvalue weighted by Crippen LogP contribution is -2.30. The molecule has 1 saturated carbocycles. The van der Waals surface area contributed by atoms with Crippen molar-refractivity contribution >= 4 is 31.7 Å². The summed E-state index contributed by atoms with van der Waals surface area (Å²) in [5.74, 6) is -1.05. The molecule has 34 heavy (non-hydrogen) atoms. The van der Waals surface area contributed by atoms with Gasteiger partial charge in [-0.2, -0.15) is 8.42 Å². The van der Waals surface area contributed by atoms with Gasteiger partial charge in [-0.05, 0) is 78.8 Å². The highest BCUT2D eigenvalue weighted by molar-refractivity contribution is 7.89. The van der Waals surface area contributed by atoms with Crippen LogP contribution in [0.15, 0.2) is 40.1 Å². The summed E-state index contributed by atoms with van der Waals surface area (Å²) < 4.78 is 57.7. The van der Waals surface area contributed by atoms with Gasteiger partial charge in [-0.15, -0.1) is 0 Å². The molecule has 1 fully saturated rings. The predicted molar refractivity (Wildman–Crippen MR) is 125 cm³/mol. The first-order valence-corrected chi connectivity index (χ1v) is 14.0. The predicted octanol–water partition coefficient (Wildman–Crippen LogP) is 3.68. The van der Waals surface area contributed by atoms with E-state index in [1.807, 2.05) is 0 Å². The van der Waals surface area contributed by atoms with E-state index in [0.717, 1.165) is 25.0 Å². The van der Waals surface area contributed by atoms with E-state index in [4.69, 9.17) is 5.14 Å². The number of nitrogens with two attached hydrogens (primary N) is 1. The van der Waals surface area contributed by atoms with Gasteiger partial charge < -0.3 is 0 Å². The van der Waals surface area contributed by atoms with Crippen molar-refractivity contribution < 1.29 is 31.0 Å². The summed E-state index contributed by atoms with van der Waals surface area (Å²) in [7, 11) is -8.82. The van der Waals surface area contributed by atoms with E-state index < -0.39 is 36.6 Å². The highest BCUT2D eigenvalue weighted by atomic mass is 32.2. The summed E-state index contributed by atoms with van der Waals surface area (Å²) >= 11 is 0. The largest absolute Gasteiger partial charge is 0.294 e. The highest BCUT2D eigenvalue weighted by Crippen LogP contribution is 2.47. The van der Waals surface area contributed by atoms with Crippen LogP contribution >= 0.6 is 0 Å². The summed E-state index contributed by atoms with van der Waals surface area (Å²) in [6.07, 6.45) is 2.90. The van der Waals surface area contributed by atoms with Gasteiger partial charge in [0.1, 0.15) is 0 Å². The second-order valence-corrected chi connectivity index (χ2v) is 13.2. The first kappa shape index (κ1) is 24.7. The van der Waals surface area contributed by atoms with Crippen LogP contribution in [0.5, 0.6) is 0 Å². The Morgan fingerprint density at radius 1 is 0.853 bits per heavy atom. The smallest absolute Gasteiger partial charge is 0.289 e. The molecule has 2 aromatic rings. The quantitative estimate of drug-likeness (QED) is 0.516. The van der Waals surface area contributed by atoms with Crippen LogP contribution in [0.25, 0.3) is 0 Å². The van der Waals surface area contributed by atoms with E-state index in [1.165, 1.54) is 18.2 Å². The minimum atomic E-state index is -4.62. The Morgan fingerprint density at radius 2 is 1.44 bits per heavy atom. The van der Waals surface area contributed by atoms with Crippen LogP contribution in [0.3, 0.4) is 0 Å². The number of rotatable bonds is 3. The average Bonchev–Trinajstić information content (AvgIpc) is 2.74. The highest BCUT2D eigenvalue weighted by Gasteiger charge is 2.39. The summed E-state index contributed by atoms with van der Waals surface area (Å²) in [4.78, 5) is 26.2. The summed E-state index contributed by atoms with van der Waals surface area (Å²) in [5.41, 5.74) is 0.141. The van der Waals surface area contributed by atoms with Crippen molar-refractivity contribution in [3.8, 4) is 0 Å². The number of carbonyl (C=O) groups excluding carboxylic acids is 2. The molecule has 3 N–H and O–H groups in total. The van der Waals surface area contributed by atoms with Gasteiger partial charge >= 0.3 is 0 Å². The van der Waals surface area contributed by atoms with Gasteiger partial charge in [-0.1, -0.05) is 20.8 Å². The zero-order valence-electron chi connectivity index (χ0n) is 19.2. The van der Waals surface area contributed by atoms with Gasteiger partial charge in [0, 0.05) is 22.3 Å². The Balaban J connectivity index is 1.91. The molecule has 10 heteroatoms. The first-order chi connectivity index (χ1) is 15.6. The molecule has 0 atom stereocenters. The Morgan fingerprint density at radius 3 is 1.97 bits per heavy atom. The van der Waals surface area contributed by atoms with Crippen LogP contribution in [0.2, 0.25) is 0 Å². The fourth-order valence-corrected chi connectivity index (χ4v) is 6.62. The zero-order chi connectivity index (χ0) is 25.2. The molecule has 0 spiro atoms. The normalized spacial score (nSPS) is 21.2. The van der Waals surface area contributed by atoms with Gasteiger partial charge in [0.2, 0.25) is 10.0 Å².